The van der Waals surface area contributed by atoms with Crippen molar-refractivity contribution in [3.8, 4) is 11.5 Å². The zero-order valence-corrected chi connectivity index (χ0v) is 20.6. The molecule has 1 aliphatic heterocycles. The van der Waals surface area contributed by atoms with E-state index < -0.39 is 0 Å². The maximum Gasteiger partial charge on any atom is 0.248 e. The van der Waals surface area contributed by atoms with E-state index >= 15 is 0 Å². The molecule has 1 heterocycles. The Kier molecular flexibility index (Phi) is 9.90. The van der Waals surface area contributed by atoms with Crippen molar-refractivity contribution in [2.75, 3.05) is 43.6 Å². The molecule has 2 N–H and O–H groups in total. The van der Waals surface area contributed by atoms with E-state index in [1.165, 1.54) is 5.56 Å². The first kappa shape index (κ1) is 24.8. The van der Waals surface area contributed by atoms with Crippen LogP contribution in [0.5, 0.6) is 11.5 Å². The largest absolute Gasteiger partial charge is 0.493 e. The van der Waals surface area contributed by atoms with Crippen LogP contribution in [0.1, 0.15) is 25.8 Å². The normalized spacial score (nSPS) is 13.0. The van der Waals surface area contributed by atoms with Crippen LogP contribution in [-0.4, -0.2) is 45.2 Å². The molecule has 0 unspecified atom stereocenters. The van der Waals surface area contributed by atoms with Crippen molar-refractivity contribution < 1.29 is 14.3 Å². The Balaban J connectivity index is 0.00000341. The molecule has 3 rings (SSSR count). The molecule has 0 fully saturated rings. The first-order valence-electron chi connectivity index (χ1n) is 10.4. The van der Waals surface area contributed by atoms with Gasteiger partial charge in [-0.1, -0.05) is 18.2 Å². The van der Waals surface area contributed by atoms with Crippen molar-refractivity contribution in [2.24, 2.45) is 4.99 Å². The number of ether oxygens (including phenoxy) is 2. The Hall–Kier alpha value is -2.49. The Morgan fingerprint density at radius 1 is 1.16 bits per heavy atom. The fraction of sp³-hybridized carbons (Fsp3) is 0.391. The molecule has 0 radical (unpaired) electrons. The molecule has 0 saturated carbocycles. The first-order chi connectivity index (χ1) is 14.7. The number of hydrogen-bond donors (Lipinski definition) is 2. The average Bonchev–Trinajstić information content (AvgIpc) is 2.78. The van der Waals surface area contributed by atoms with Crippen molar-refractivity contribution in [3.63, 3.8) is 0 Å². The summed E-state index contributed by atoms with van der Waals surface area (Å²) in [6.45, 7) is 5.96. The highest BCUT2D eigenvalue weighted by Crippen LogP contribution is 2.30. The lowest BCUT2D eigenvalue weighted by atomic mass is 10.0. The van der Waals surface area contributed by atoms with Crippen molar-refractivity contribution in [3.05, 3.63) is 48.0 Å². The van der Waals surface area contributed by atoms with Crippen LogP contribution in [0.2, 0.25) is 0 Å². The SMILES string of the molecule is CCNC(=NCC(=O)N1CCCc2ccccc21)Nc1ccc(OCC)c(OC)c1.I. The third kappa shape index (κ3) is 6.49. The van der Waals surface area contributed by atoms with E-state index in [-0.39, 0.29) is 36.4 Å². The fourth-order valence-corrected chi connectivity index (χ4v) is 3.49. The van der Waals surface area contributed by atoms with E-state index in [1.54, 1.807) is 7.11 Å². The van der Waals surface area contributed by atoms with Gasteiger partial charge in [0.1, 0.15) is 6.54 Å². The number of benzene rings is 2. The molecule has 8 heteroatoms. The highest BCUT2D eigenvalue weighted by atomic mass is 127. The molecule has 1 amide bonds. The van der Waals surface area contributed by atoms with Crippen LogP contribution in [0.4, 0.5) is 11.4 Å². The zero-order chi connectivity index (χ0) is 21.3. The lowest BCUT2D eigenvalue weighted by molar-refractivity contribution is -0.117. The van der Waals surface area contributed by atoms with Crippen LogP contribution < -0.4 is 25.0 Å². The smallest absolute Gasteiger partial charge is 0.248 e. The second-order valence-corrected chi connectivity index (χ2v) is 6.90. The highest BCUT2D eigenvalue weighted by molar-refractivity contribution is 14.0. The topological polar surface area (TPSA) is 75.2 Å². The number of hydrogen-bond acceptors (Lipinski definition) is 4. The van der Waals surface area contributed by atoms with E-state index in [0.717, 1.165) is 30.8 Å². The average molecular weight is 538 g/mol. The fourth-order valence-electron chi connectivity index (χ4n) is 3.49. The van der Waals surface area contributed by atoms with Gasteiger partial charge in [-0.15, -0.1) is 24.0 Å². The number of aliphatic imine (C=N–C) groups is 1. The summed E-state index contributed by atoms with van der Waals surface area (Å²) in [5.41, 5.74) is 3.01. The summed E-state index contributed by atoms with van der Waals surface area (Å²) in [5.74, 6) is 1.86. The number of anilines is 2. The van der Waals surface area contributed by atoms with Crippen LogP contribution in [-0.2, 0) is 11.2 Å². The molecule has 0 aromatic heterocycles. The van der Waals surface area contributed by atoms with Gasteiger partial charge in [-0.05, 0) is 50.5 Å². The van der Waals surface area contributed by atoms with E-state index in [0.29, 0.717) is 30.6 Å². The molecule has 0 bridgehead atoms. The van der Waals surface area contributed by atoms with E-state index in [4.69, 9.17) is 9.47 Å². The molecule has 2 aromatic rings. The number of aryl methyl sites for hydroxylation is 1. The summed E-state index contributed by atoms with van der Waals surface area (Å²) in [6.07, 6.45) is 1.98. The third-order valence-corrected chi connectivity index (χ3v) is 4.85. The molecule has 0 aliphatic carbocycles. The first-order valence-corrected chi connectivity index (χ1v) is 10.4. The molecule has 168 valence electrons. The van der Waals surface area contributed by atoms with Crippen molar-refractivity contribution in [1.82, 2.24) is 5.32 Å². The van der Waals surface area contributed by atoms with E-state index in [2.05, 4.69) is 21.7 Å². The molecule has 7 nitrogen and oxygen atoms in total. The molecule has 0 saturated heterocycles. The van der Waals surface area contributed by atoms with Gasteiger partial charge in [-0.25, -0.2) is 4.99 Å². The van der Waals surface area contributed by atoms with E-state index in [9.17, 15) is 4.79 Å². The number of fused-ring (bicyclic) bond motifs is 1. The second-order valence-electron chi connectivity index (χ2n) is 6.90. The number of rotatable bonds is 7. The van der Waals surface area contributed by atoms with Gasteiger partial charge >= 0.3 is 0 Å². The van der Waals surface area contributed by atoms with Gasteiger partial charge in [0.15, 0.2) is 17.5 Å². The van der Waals surface area contributed by atoms with Crippen molar-refractivity contribution >= 4 is 47.2 Å². The van der Waals surface area contributed by atoms with Crippen LogP contribution in [0.25, 0.3) is 0 Å². The molecule has 1 aliphatic rings. The number of guanidine groups is 1. The minimum atomic E-state index is -0.0105. The summed E-state index contributed by atoms with van der Waals surface area (Å²) in [4.78, 5) is 19.2. The monoisotopic (exact) mass is 538 g/mol. The minimum Gasteiger partial charge on any atom is -0.493 e. The quantitative estimate of drug-likeness (QED) is 0.316. The predicted octanol–water partition coefficient (Wildman–Crippen LogP) is 4.07. The second kappa shape index (κ2) is 12.4. The molecule has 0 spiro atoms. The Morgan fingerprint density at radius 2 is 1.97 bits per heavy atom. The summed E-state index contributed by atoms with van der Waals surface area (Å²) < 4.78 is 11.0. The van der Waals surface area contributed by atoms with Gasteiger partial charge in [0.25, 0.3) is 0 Å². The highest BCUT2D eigenvalue weighted by Gasteiger charge is 2.21. The number of nitrogens with zero attached hydrogens (tertiary/aromatic N) is 2. The van der Waals surface area contributed by atoms with Gasteiger partial charge in [-0.3, -0.25) is 4.79 Å². The lowest BCUT2D eigenvalue weighted by Crippen LogP contribution is -2.38. The van der Waals surface area contributed by atoms with Crippen molar-refractivity contribution in [2.45, 2.75) is 26.7 Å². The number of carbonyl (C=O) groups excluding carboxylic acids is 1. The van der Waals surface area contributed by atoms with Crippen LogP contribution >= 0.6 is 24.0 Å². The number of carbonyl (C=O) groups is 1. The molecule has 31 heavy (non-hydrogen) atoms. The number of amides is 1. The Morgan fingerprint density at radius 3 is 2.71 bits per heavy atom. The van der Waals surface area contributed by atoms with E-state index in [1.807, 2.05) is 55.1 Å². The summed E-state index contributed by atoms with van der Waals surface area (Å²) in [5, 5.41) is 6.42. The van der Waals surface area contributed by atoms with Crippen LogP contribution in [0.15, 0.2) is 47.5 Å². The summed E-state index contributed by atoms with van der Waals surface area (Å²) in [6, 6.07) is 13.7. The summed E-state index contributed by atoms with van der Waals surface area (Å²) >= 11 is 0. The number of para-hydroxylation sites is 1. The number of halogens is 1. The van der Waals surface area contributed by atoms with Gasteiger partial charge < -0.3 is 25.0 Å². The number of nitrogens with one attached hydrogen (secondary N) is 2. The maximum atomic E-state index is 12.9. The lowest BCUT2D eigenvalue weighted by Gasteiger charge is -2.29. The maximum absolute atomic E-state index is 12.9. The van der Waals surface area contributed by atoms with Crippen molar-refractivity contribution in [1.29, 1.82) is 0 Å². The number of methoxy groups -OCH3 is 1. The Bertz CT molecular complexity index is 904. The van der Waals surface area contributed by atoms with Gasteiger partial charge in [0, 0.05) is 30.5 Å². The zero-order valence-electron chi connectivity index (χ0n) is 18.3. The van der Waals surface area contributed by atoms with Gasteiger partial charge in [-0.2, -0.15) is 0 Å². The molecular weight excluding hydrogens is 507 g/mol. The minimum absolute atomic E-state index is 0. The van der Waals surface area contributed by atoms with Gasteiger partial charge in [0.05, 0.1) is 13.7 Å². The van der Waals surface area contributed by atoms with Crippen LogP contribution in [0, 0.1) is 0 Å². The molecule has 0 atom stereocenters. The third-order valence-electron chi connectivity index (χ3n) is 4.85. The molecular formula is C23H31IN4O3. The predicted molar refractivity (Wildman–Crippen MR) is 136 cm³/mol. The Labute approximate surface area is 201 Å². The van der Waals surface area contributed by atoms with Crippen LogP contribution in [0.3, 0.4) is 0 Å². The van der Waals surface area contributed by atoms with Gasteiger partial charge in [0.2, 0.25) is 5.91 Å². The standard InChI is InChI=1S/C23H30N4O3.HI/c1-4-24-23(26-18-12-13-20(30-5-2)21(15-18)29-3)25-16-22(28)27-14-8-10-17-9-6-7-11-19(17)27;/h6-7,9,11-13,15H,4-5,8,10,14,16H2,1-3H3,(H2,24,25,26);1H. The summed E-state index contributed by atoms with van der Waals surface area (Å²) in [7, 11) is 1.61. The molecule has 2 aromatic carbocycles.